The van der Waals surface area contributed by atoms with Gasteiger partial charge in [-0.25, -0.2) is 0 Å². The summed E-state index contributed by atoms with van der Waals surface area (Å²) in [6.45, 7) is -0.698. The number of halogens is 2. The van der Waals surface area contributed by atoms with Crippen LogP contribution in [0.2, 0.25) is 10.0 Å². The highest BCUT2D eigenvalue weighted by Crippen LogP contribution is 2.42. The van der Waals surface area contributed by atoms with E-state index in [1.54, 1.807) is 71.6 Å². The first-order valence-electron chi connectivity index (χ1n) is 12.9. The smallest absolute Gasteiger partial charge is 0.323 e. The molecule has 9 heteroatoms. The molecule has 1 aliphatic rings. The number of anilines is 1. The number of ether oxygens (including phenoxy) is 1. The normalized spacial score (nSPS) is 16.5. The molecule has 4 aromatic carbocycles. The van der Waals surface area contributed by atoms with Crippen LogP contribution in [-0.2, 0) is 20.9 Å². The molecule has 0 radical (unpaired) electrons. The fourth-order valence-corrected chi connectivity index (χ4v) is 5.31. The van der Waals surface area contributed by atoms with Gasteiger partial charge in [-0.3, -0.25) is 14.4 Å². The molecule has 208 valence electrons. The molecule has 0 bridgehead atoms. The molecule has 7 nitrogen and oxygen atoms in total. The fourth-order valence-electron chi connectivity index (χ4n) is 4.89. The van der Waals surface area contributed by atoms with Gasteiger partial charge in [-0.2, -0.15) is 0 Å². The monoisotopic (exact) mass is 588 g/mol. The van der Waals surface area contributed by atoms with Crippen LogP contribution in [-0.4, -0.2) is 47.0 Å². The predicted molar refractivity (Wildman–Crippen MR) is 157 cm³/mol. The molecular weight excluding hydrogens is 563 g/mol. The van der Waals surface area contributed by atoms with Crippen molar-refractivity contribution >= 4 is 46.7 Å². The Morgan fingerprint density at radius 3 is 2.20 bits per heavy atom. The van der Waals surface area contributed by atoms with Crippen molar-refractivity contribution in [2.45, 2.75) is 18.8 Å². The first-order valence-corrected chi connectivity index (χ1v) is 13.7. The second-order valence-corrected chi connectivity index (χ2v) is 10.4. The number of aliphatic carboxylic acids is 1. The summed E-state index contributed by atoms with van der Waals surface area (Å²) in [5.74, 6) is -2.17. The quantitative estimate of drug-likeness (QED) is 0.263. The molecule has 0 aliphatic carbocycles. The van der Waals surface area contributed by atoms with E-state index in [1.807, 2.05) is 36.4 Å². The fraction of sp³-hybridized carbons (Fsp3) is 0.156. The van der Waals surface area contributed by atoms with Gasteiger partial charge in [-0.1, -0.05) is 89.9 Å². The molecule has 1 heterocycles. The first-order chi connectivity index (χ1) is 19.8. The van der Waals surface area contributed by atoms with Crippen molar-refractivity contribution < 1.29 is 24.2 Å². The molecule has 0 spiro atoms. The number of fused-ring (bicyclic) bond motifs is 1. The molecule has 5 rings (SSSR count). The van der Waals surface area contributed by atoms with Gasteiger partial charge in [0.1, 0.15) is 12.6 Å². The van der Waals surface area contributed by atoms with Crippen LogP contribution in [0.15, 0.2) is 103 Å². The zero-order chi connectivity index (χ0) is 28.9. The van der Waals surface area contributed by atoms with Gasteiger partial charge in [0, 0.05) is 26.7 Å². The van der Waals surface area contributed by atoms with E-state index in [2.05, 4.69) is 0 Å². The van der Waals surface area contributed by atoms with Crippen molar-refractivity contribution in [3.05, 3.63) is 135 Å². The number of nitrogens with zero attached hydrogens (tertiary/aromatic N) is 2. The topological polar surface area (TPSA) is 87.2 Å². The lowest BCUT2D eigenvalue weighted by atomic mass is 9.99. The van der Waals surface area contributed by atoms with Crippen molar-refractivity contribution in [1.82, 2.24) is 4.90 Å². The number of carboxylic acid groups (broad SMARTS) is 1. The minimum Gasteiger partial charge on any atom is -0.480 e. The Morgan fingerprint density at radius 2 is 1.51 bits per heavy atom. The summed E-state index contributed by atoms with van der Waals surface area (Å²) in [6.07, 6.45) is -2.05. The third kappa shape index (κ3) is 6.43. The van der Waals surface area contributed by atoms with Gasteiger partial charge in [-0.05, 0) is 42.0 Å². The van der Waals surface area contributed by atoms with Crippen molar-refractivity contribution in [3.8, 4) is 0 Å². The second kappa shape index (κ2) is 12.6. The molecule has 2 unspecified atom stereocenters. The number of hydrogen-bond donors (Lipinski definition) is 1. The molecule has 1 N–H and O–H groups in total. The van der Waals surface area contributed by atoms with Crippen LogP contribution in [0.3, 0.4) is 0 Å². The lowest BCUT2D eigenvalue weighted by molar-refractivity contribution is -0.140. The Labute approximate surface area is 247 Å². The van der Waals surface area contributed by atoms with Crippen LogP contribution in [0, 0.1) is 0 Å². The van der Waals surface area contributed by atoms with Crippen LogP contribution in [0.25, 0.3) is 0 Å². The van der Waals surface area contributed by atoms with E-state index >= 15 is 0 Å². The standard InChI is InChI=1S/C32H26Cl2N2O5/c33-23-15-16-27-25(17-23)30(24-13-7-8-14-26(24)34)41-28(32(40)36(27)18-21-9-3-1-4-10-21)19-35(20-29(37)38)31(39)22-11-5-2-6-12-22/h1-17,28,30H,18-20H2,(H,37,38). The molecule has 2 atom stereocenters. The number of carbonyl (C=O) groups is 3. The van der Waals surface area contributed by atoms with E-state index in [9.17, 15) is 19.5 Å². The summed E-state index contributed by atoms with van der Waals surface area (Å²) in [6, 6.07) is 30.1. The zero-order valence-electron chi connectivity index (χ0n) is 21.8. The number of amides is 2. The summed E-state index contributed by atoms with van der Waals surface area (Å²) in [5, 5.41) is 10.5. The highest BCUT2D eigenvalue weighted by molar-refractivity contribution is 6.31. The lowest BCUT2D eigenvalue weighted by Crippen LogP contribution is -2.48. The van der Waals surface area contributed by atoms with Crippen LogP contribution in [0.1, 0.15) is 33.2 Å². The number of carbonyl (C=O) groups excluding carboxylic acids is 2. The molecule has 2 amide bonds. The third-order valence-electron chi connectivity index (χ3n) is 6.80. The SMILES string of the molecule is O=C(O)CN(CC1OC(c2ccccc2Cl)c2cc(Cl)ccc2N(Cc2ccccc2)C1=O)C(=O)c1ccccc1. The first kappa shape index (κ1) is 28.4. The van der Waals surface area contributed by atoms with Gasteiger partial charge < -0.3 is 19.6 Å². The summed E-state index contributed by atoms with van der Waals surface area (Å²) in [4.78, 5) is 42.3. The number of rotatable bonds is 8. The van der Waals surface area contributed by atoms with E-state index in [1.165, 1.54) is 0 Å². The van der Waals surface area contributed by atoms with Gasteiger partial charge in [0.05, 0.1) is 18.8 Å². The van der Waals surface area contributed by atoms with Crippen molar-refractivity contribution in [2.24, 2.45) is 0 Å². The average molecular weight is 589 g/mol. The zero-order valence-corrected chi connectivity index (χ0v) is 23.3. The van der Waals surface area contributed by atoms with Gasteiger partial charge in [0.25, 0.3) is 11.8 Å². The predicted octanol–water partition coefficient (Wildman–Crippen LogP) is 6.24. The minimum atomic E-state index is -1.22. The molecule has 0 fully saturated rings. The van der Waals surface area contributed by atoms with Crippen LogP contribution in [0.5, 0.6) is 0 Å². The Morgan fingerprint density at radius 1 is 0.854 bits per heavy atom. The molecule has 1 aliphatic heterocycles. The maximum absolute atomic E-state index is 14.3. The Kier molecular flexibility index (Phi) is 8.69. The molecule has 4 aromatic rings. The summed E-state index contributed by atoms with van der Waals surface area (Å²) < 4.78 is 6.52. The van der Waals surface area contributed by atoms with Crippen LogP contribution < -0.4 is 4.90 Å². The largest absolute Gasteiger partial charge is 0.480 e. The number of hydrogen-bond acceptors (Lipinski definition) is 4. The van der Waals surface area contributed by atoms with E-state index < -0.39 is 36.5 Å². The summed E-state index contributed by atoms with van der Waals surface area (Å²) in [7, 11) is 0. The lowest BCUT2D eigenvalue weighted by Gasteiger charge is -2.29. The highest BCUT2D eigenvalue weighted by atomic mass is 35.5. The van der Waals surface area contributed by atoms with Crippen LogP contribution >= 0.6 is 23.2 Å². The van der Waals surface area contributed by atoms with Gasteiger partial charge in [0.2, 0.25) is 0 Å². The molecule has 0 saturated carbocycles. The number of benzene rings is 4. The van der Waals surface area contributed by atoms with Crippen molar-refractivity contribution in [3.63, 3.8) is 0 Å². The van der Waals surface area contributed by atoms with E-state index in [4.69, 9.17) is 27.9 Å². The molecule has 0 aromatic heterocycles. The summed E-state index contributed by atoms with van der Waals surface area (Å²) >= 11 is 13.1. The number of carboxylic acids is 1. The Hall–Kier alpha value is -4.17. The third-order valence-corrected chi connectivity index (χ3v) is 7.38. The van der Waals surface area contributed by atoms with Crippen molar-refractivity contribution in [2.75, 3.05) is 18.0 Å². The average Bonchev–Trinajstić information content (AvgIpc) is 3.08. The maximum atomic E-state index is 14.3. The maximum Gasteiger partial charge on any atom is 0.323 e. The molecule has 0 saturated heterocycles. The highest BCUT2D eigenvalue weighted by Gasteiger charge is 2.39. The van der Waals surface area contributed by atoms with E-state index in [-0.39, 0.29) is 13.1 Å². The van der Waals surface area contributed by atoms with Crippen LogP contribution in [0.4, 0.5) is 5.69 Å². The van der Waals surface area contributed by atoms with E-state index in [0.717, 1.165) is 10.5 Å². The van der Waals surface area contributed by atoms with Gasteiger partial charge in [0.15, 0.2) is 6.10 Å². The van der Waals surface area contributed by atoms with E-state index in [0.29, 0.717) is 32.4 Å². The van der Waals surface area contributed by atoms with Gasteiger partial charge >= 0.3 is 5.97 Å². The Balaban J connectivity index is 1.61. The summed E-state index contributed by atoms with van der Waals surface area (Å²) in [5.41, 5.74) is 2.98. The second-order valence-electron chi connectivity index (χ2n) is 9.58. The minimum absolute atomic E-state index is 0.217. The van der Waals surface area contributed by atoms with Crippen molar-refractivity contribution in [1.29, 1.82) is 0 Å². The Bertz CT molecular complexity index is 1570. The van der Waals surface area contributed by atoms with Gasteiger partial charge in [-0.15, -0.1) is 0 Å². The molecular formula is C32H26Cl2N2O5. The molecule has 41 heavy (non-hydrogen) atoms.